The Morgan fingerprint density at radius 2 is 2.06 bits per heavy atom. The molecule has 3 aromatic heterocycles. The summed E-state index contributed by atoms with van der Waals surface area (Å²) in [5, 5.41) is 10.7. The first-order valence-corrected chi connectivity index (χ1v) is 10.3. The molecule has 1 saturated heterocycles. The fraction of sp³-hybridized carbons (Fsp3) is 0.429. The number of pyridine rings is 1. The standard InChI is InChI=1S/C21H22FN7O2/c1-27-11-16(25-12-27)19-15(10-23)18-17(2-3-24-20(18)26-19)28-4-6-29(7-5-28)21(30)31-14-8-13(22)9-14/h2-3,11-14H,4-9H2,1H3,(H,24,26)/t13-,14+. The number of ether oxygens (including phenoxy) is 1. The van der Waals surface area contributed by atoms with E-state index in [9.17, 15) is 14.4 Å². The van der Waals surface area contributed by atoms with Gasteiger partial charge in [-0.15, -0.1) is 0 Å². The molecule has 1 aliphatic heterocycles. The molecule has 0 spiro atoms. The van der Waals surface area contributed by atoms with E-state index in [4.69, 9.17) is 4.74 Å². The first kappa shape index (κ1) is 19.4. The normalized spacial score (nSPS) is 21.1. The molecule has 5 rings (SSSR count). The number of alkyl halides is 1. The third kappa shape index (κ3) is 3.46. The fourth-order valence-electron chi connectivity index (χ4n) is 4.15. The highest BCUT2D eigenvalue weighted by atomic mass is 19.1. The first-order valence-electron chi connectivity index (χ1n) is 10.3. The smallest absolute Gasteiger partial charge is 0.410 e. The molecular formula is C21H22FN7O2. The minimum Gasteiger partial charge on any atom is -0.446 e. The number of carbonyl (C=O) groups excluding carboxylic acids is 1. The van der Waals surface area contributed by atoms with Crippen LogP contribution in [0.15, 0.2) is 24.8 Å². The van der Waals surface area contributed by atoms with E-state index in [-0.39, 0.29) is 12.2 Å². The number of amides is 1. The highest BCUT2D eigenvalue weighted by molar-refractivity contribution is 5.99. The second kappa shape index (κ2) is 7.58. The quantitative estimate of drug-likeness (QED) is 0.695. The summed E-state index contributed by atoms with van der Waals surface area (Å²) in [6.07, 6.45) is 4.30. The largest absolute Gasteiger partial charge is 0.446 e. The molecule has 160 valence electrons. The molecular weight excluding hydrogens is 401 g/mol. The number of aromatic nitrogens is 4. The first-order chi connectivity index (χ1) is 15.0. The number of aryl methyl sites for hydroxylation is 1. The summed E-state index contributed by atoms with van der Waals surface area (Å²) in [4.78, 5) is 28.1. The van der Waals surface area contributed by atoms with Crippen molar-refractivity contribution in [1.82, 2.24) is 24.4 Å². The van der Waals surface area contributed by atoms with Crippen molar-refractivity contribution in [3.63, 3.8) is 0 Å². The van der Waals surface area contributed by atoms with Gasteiger partial charge in [-0.2, -0.15) is 5.26 Å². The molecule has 0 radical (unpaired) electrons. The van der Waals surface area contributed by atoms with Crippen molar-refractivity contribution >= 4 is 22.8 Å². The van der Waals surface area contributed by atoms with Crippen LogP contribution in [-0.4, -0.2) is 69.0 Å². The van der Waals surface area contributed by atoms with E-state index in [0.717, 1.165) is 11.1 Å². The lowest BCUT2D eigenvalue weighted by Gasteiger charge is -2.37. The van der Waals surface area contributed by atoms with Gasteiger partial charge in [-0.05, 0) is 6.07 Å². The second-order valence-corrected chi connectivity index (χ2v) is 8.01. The van der Waals surface area contributed by atoms with E-state index < -0.39 is 6.17 Å². The molecule has 9 nitrogen and oxygen atoms in total. The summed E-state index contributed by atoms with van der Waals surface area (Å²) >= 11 is 0. The maximum absolute atomic E-state index is 13.0. The molecule has 0 bridgehead atoms. The number of hydrogen-bond acceptors (Lipinski definition) is 6. The zero-order valence-corrected chi connectivity index (χ0v) is 17.1. The van der Waals surface area contributed by atoms with Gasteiger partial charge in [0.05, 0.1) is 28.7 Å². The van der Waals surface area contributed by atoms with Crippen LogP contribution >= 0.6 is 0 Å². The molecule has 2 fully saturated rings. The Bertz CT molecular complexity index is 1170. The SMILES string of the molecule is Cn1cnc(-c2[nH]c3nccc(N4CCN(C(=O)O[C@H]5C[C@@H](F)C5)CC4)c3c2C#N)c1. The van der Waals surface area contributed by atoms with Crippen LogP contribution < -0.4 is 4.90 Å². The van der Waals surface area contributed by atoms with Crippen molar-refractivity contribution in [2.75, 3.05) is 31.1 Å². The van der Waals surface area contributed by atoms with Gasteiger partial charge in [0.1, 0.15) is 29.7 Å². The van der Waals surface area contributed by atoms with E-state index in [1.165, 1.54) is 0 Å². The van der Waals surface area contributed by atoms with Crippen LogP contribution in [0.5, 0.6) is 0 Å². The topological polar surface area (TPSA) is 103 Å². The third-order valence-corrected chi connectivity index (χ3v) is 5.93. The minimum atomic E-state index is -0.851. The Balaban J connectivity index is 1.37. The monoisotopic (exact) mass is 423 g/mol. The van der Waals surface area contributed by atoms with Crippen LogP contribution in [0.4, 0.5) is 14.9 Å². The van der Waals surface area contributed by atoms with Gasteiger partial charge in [-0.3, -0.25) is 0 Å². The summed E-state index contributed by atoms with van der Waals surface area (Å²) in [7, 11) is 1.88. The second-order valence-electron chi connectivity index (χ2n) is 8.01. The highest BCUT2D eigenvalue weighted by Gasteiger charge is 2.34. The number of hydrogen-bond donors (Lipinski definition) is 1. The zero-order valence-electron chi connectivity index (χ0n) is 17.1. The number of rotatable bonds is 3. The molecule has 0 atom stereocenters. The fourth-order valence-corrected chi connectivity index (χ4v) is 4.15. The molecule has 0 unspecified atom stereocenters. The van der Waals surface area contributed by atoms with Crippen molar-refractivity contribution in [1.29, 1.82) is 5.26 Å². The maximum atomic E-state index is 13.0. The van der Waals surface area contributed by atoms with Gasteiger partial charge in [0.15, 0.2) is 0 Å². The van der Waals surface area contributed by atoms with Crippen LogP contribution in [0.2, 0.25) is 0 Å². The predicted molar refractivity (Wildman–Crippen MR) is 111 cm³/mol. The van der Waals surface area contributed by atoms with E-state index in [1.807, 2.05) is 23.9 Å². The van der Waals surface area contributed by atoms with E-state index >= 15 is 0 Å². The third-order valence-electron chi connectivity index (χ3n) is 5.93. The van der Waals surface area contributed by atoms with Crippen LogP contribution in [0.3, 0.4) is 0 Å². The van der Waals surface area contributed by atoms with Crippen molar-refractivity contribution in [2.45, 2.75) is 25.1 Å². The van der Waals surface area contributed by atoms with Gasteiger partial charge in [0.25, 0.3) is 0 Å². The van der Waals surface area contributed by atoms with E-state index in [2.05, 4.69) is 25.9 Å². The average Bonchev–Trinajstić information content (AvgIpc) is 3.35. The Kier molecular flexibility index (Phi) is 4.73. The predicted octanol–water partition coefficient (Wildman–Crippen LogP) is 2.59. The number of halogens is 1. The average molecular weight is 423 g/mol. The Morgan fingerprint density at radius 1 is 1.29 bits per heavy atom. The number of nitriles is 1. The lowest BCUT2D eigenvalue weighted by atomic mass is 9.94. The zero-order chi connectivity index (χ0) is 21.5. The summed E-state index contributed by atoms with van der Waals surface area (Å²) in [6.45, 7) is 2.18. The number of carbonyl (C=O) groups is 1. The molecule has 3 aromatic rings. The van der Waals surface area contributed by atoms with Crippen LogP contribution in [0, 0.1) is 11.3 Å². The number of piperazine rings is 1. The van der Waals surface area contributed by atoms with Gasteiger partial charge < -0.3 is 24.1 Å². The summed E-state index contributed by atoms with van der Waals surface area (Å²) in [5.41, 5.74) is 3.35. The number of nitrogens with zero attached hydrogens (tertiary/aromatic N) is 6. The van der Waals surface area contributed by atoms with Gasteiger partial charge in [-0.25, -0.2) is 19.2 Å². The van der Waals surface area contributed by atoms with Crippen molar-refractivity contribution in [3.05, 3.63) is 30.4 Å². The Hall–Kier alpha value is -3.61. The van der Waals surface area contributed by atoms with Crippen LogP contribution in [0.25, 0.3) is 22.4 Å². The van der Waals surface area contributed by atoms with Crippen LogP contribution in [-0.2, 0) is 11.8 Å². The summed E-state index contributed by atoms with van der Waals surface area (Å²) < 4.78 is 20.1. The number of H-pyrrole nitrogens is 1. The molecule has 1 amide bonds. The van der Waals surface area contributed by atoms with E-state index in [1.54, 1.807) is 17.4 Å². The number of nitrogens with one attached hydrogen (secondary N) is 1. The molecule has 31 heavy (non-hydrogen) atoms. The molecule has 1 saturated carbocycles. The van der Waals surface area contributed by atoms with E-state index in [0.29, 0.717) is 61.6 Å². The number of imidazole rings is 1. The van der Waals surface area contributed by atoms with Gasteiger partial charge in [0, 0.05) is 58.5 Å². The summed E-state index contributed by atoms with van der Waals surface area (Å²) in [5.74, 6) is 0. The molecule has 1 aliphatic carbocycles. The Labute approximate surface area is 178 Å². The van der Waals surface area contributed by atoms with Crippen molar-refractivity contribution in [2.24, 2.45) is 7.05 Å². The molecule has 2 aliphatic rings. The molecule has 10 heteroatoms. The maximum Gasteiger partial charge on any atom is 0.410 e. The number of anilines is 1. The lowest BCUT2D eigenvalue weighted by Crippen LogP contribution is -2.50. The number of aromatic amines is 1. The molecule has 4 heterocycles. The minimum absolute atomic E-state index is 0.295. The van der Waals surface area contributed by atoms with Crippen molar-refractivity contribution in [3.8, 4) is 17.5 Å². The van der Waals surface area contributed by atoms with Gasteiger partial charge in [0.2, 0.25) is 0 Å². The molecule has 1 N–H and O–H groups in total. The summed E-state index contributed by atoms with van der Waals surface area (Å²) in [6, 6.07) is 4.20. The van der Waals surface area contributed by atoms with Gasteiger partial charge in [-0.1, -0.05) is 0 Å². The highest BCUT2D eigenvalue weighted by Crippen LogP contribution is 2.35. The molecule has 0 aromatic carbocycles. The Morgan fingerprint density at radius 3 is 2.71 bits per heavy atom. The number of fused-ring (bicyclic) bond motifs is 1. The van der Waals surface area contributed by atoms with Gasteiger partial charge >= 0.3 is 6.09 Å². The lowest BCUT2D eigenvalue weighted by molar-refractivity contribution is -0.0132. The van der Waals surface area contributed by atoms with Crippen LogP contribution in [0.1, 0.15) is 18.4 Å². The van der Waals surface area contributed by atoms with Crippen molar-refractivity contribution < 1.29 is 13.9 Å².